The molecule has 0 unspecified atom stereocenters. The molecule has 1 fully saturated rings. The van der Waals surface area contributed by atoms with E-state index in [-0.39, 0.29) is 5.91 Å². The standard InChI is InChI=1S/C14H14N2O4/c17-13(16-7-8-2-1-5-15-6-8)11-9-3-4-10(20-9)12(11)14(18)19/h1-6,9-12H,7H2,(H,16,17)(H,18,19)/t9-,10-,11+,12-/m0/s1. The molecule has 6 nitrogen and oxygen atoms in total. The van der Waals surface area contributed by atoms with Crippen LogP contribution in [0.15, 0.2) is 36.7 Å². The van der Waals surface area contributed by atoms with Crippen LogP contribution in [-0.2, 0) is 20.9 Å². The maximum atomic E-state index is 12.2. The zero-order valence-electron chi connectivity index (χ0n) is 10.6. The molecule has 1 aromatic heterocycles. The number of aliphatic carboxylic acids is 1. The highest BCUT2D eigenvalue weighted by molar-refractivity contribution is 5.87. The molecule has 2 aliphatic rings. The van der Waals surface area contributed by atoms with Gasteiger partial charge in [-0.05, 0) is 11.6 Å². The lowest BCUT2D eigenvalue weighted by Crippen LogP contribution is -2.42. The van der Waals surface area contributed by atoms with Gasteiger partial charge in [0, 0.05) is 18.9 Å². The summed E-state index contributed by atoms with van der Waals surface area (Å²) in [5, 5.41) is 12.0. The summed E-state index contributed by atoms with van der Waals surface area (Å²) < 4.78 is 5.47. The van der Waals surface area contributed by atoms with Crippen molar-refractivity contribution in [3.8, 4) is 0 Å². The van der Waals surface area contributed by atoms with Crippen molar-refractivity contribution in [2.75, 3.05) is 0 Å². The van der Waals surface area contributed by atoms with E-state index >= 15 is 0 Å². The van der Waals surface area contributed by atoms with Crippen LogP contribution in [0, 0.1) is 11.8 Å². The largest absolute Gasteiger partial charge is 0.481 e. The second kappa shape index (κ2) is 5.05. The Morgan fingerprint density at radius 1 is 1.30 bits per heavy atom. The van der Waals surface area contributed by atoms with Gasteiger partial charge < -0.3 is 15.2 Å². The highest BCUT2D eigenvalue weighted by Crippen LogP contribution is 2.39. The SMILES string of the molecule is O=C(O)[C@@H]1[C@H](C(=O)NCc2cccnc2)[C@@H]2C=C[C@@H]1O2. The van der Waals surface area contributed by atoms with Gasteiger partial charge in [-0.2, -0.15) is 0 Å². The summed E-state index contributed by atoms with van der Waals surface area (Å²) in [5.74, 6) is -2.76. The first-order chi connectivity index (χ1) is 9.66. The predicted octanol–water partition coefficient (Wildman–Crippen LogP) is 0.352. The first-order valence-corrected chi connectivity index (χ1v) is 6.40. The van der Waals surface area contributed by atoms with Crippen LogP contribution in [0.3, 0.4) is 0 Å². The molecule has 2 N–H and O–H groups in total. The highest BCUT2D eigenvalue weighted by Gasteiger charge is 2.53. The first kappa shape index (κ1) is 12.8. The topological polar surface area (TPSA) is 88.5 Å². The summed E-state index contributed by atoms with van der Waals surface area (Å²) >= 11 is 0. The summed E-state index contributed by atoms with van der Waals surface area (Å²) in [6.45, 7) is 0.330. The Morgan fingerprint density at radius 3 is 2.70 bits per heavy atom. The zero-order chi connectivity index (χ0) is 14.1. The number of carbonyl (C=O) groups is 2. The fourth-order valence-corrected chi connectivity index (χ4v) is 2.72. The lowest BCUT2D eigenvalue weighted by Gasteiger charge is -2.20. The fourth-order valence-electron chi connectivity index (χ4n) is 2.72. The number of hydrogen-bond acceptors (Lipinski definition) is 4. The van der Waals surface area contributed by atoms with Crippen molar-refractivity contribution in [1.29, 1.82) is 0 Å². The molecule has 1 aromatic rings. The van der Waals surface area contributed by atoms with Gasteiger partial charge in [0.1, 0.15) is 5.92 Å². The quantitative estimate of drug-likeness (QED) is 0.773. The van der Waals surface area contributed by atoms with Gasteiger partial charge in [-0.15, -0.1) is 0 Å². The van der Waals surface area contributed by atoms with E-state index in [4.69, 9.17) is 4.74 Å². The van der Waals surface area contributed by atoms with Crippen LogP contribution in [0.4, 0.5) is 0 Å². The average Bonchev–Trinajstić information content (AvgIpc) is 3.06. The number of pyridine rings is 1. The fraction of sp³-hybridized carbons (Fsp3) is 0.357. The van der Waals surface area contributed by atoms with Crippen molar-refractivity contribution >= 4 is 11.9 Å². The molecule has 1 amide bonds. The number of carbonyl (C=O) groups excluding carboxylic acids is 1. The average molecular weight is 274 g/mol. The molecule has 0 radical (unpaired) electrons. The van der Waals surface area contributed by atoms with Gasteiger partial charge in [0.15, 0.2) is 0 Å². The number of hydrogen-bond donors (Lipinski definition) is 2. The minimum absolute atomic E-state index is 0.293. The molecule has 2 aliphatic heterocycles. The Balaban J connectivity index is 1.68. The van der Waals surface area contributed by atoms with Crippen LogP contribution in [0.25, 0.3) is 0 Å². The molecule has 0 spiro atoms. The Bertz CT molecular complexity index is 558. The molecule has 1 saturated heterocycles. The molecule has 2 bridgehead atoms. The number of ether oxygens (including phenoxy) is 1. The maximum Gasteiger partial charge on any atom is 0.310 e. The second-order valence-electron chi connectivity index (χ2n) is 4.92. The first-order valence-electron chi connectivity index (χ1n) is 6.40. The number of carboxylic acid groups (broad SMARTS) is 1. The van der Waals surface area contributed by atoms with Crippen molar-refractivity contribution in [1.82, 2.24) is 10.3 Å². The summed E-state index contributed by atoms with van der Waals surface area (Å²) in [7, 11) is 0. The van der Waals surface area contributed by atoms with Gasteiger partial charge in [0.05, 0.1) is 18.1 Å². The molecule has 4 atom stereocenters. The minimum atomic E-state index is -0.997. The minimum Gasteiger partial charge on any atom is -0.481 e. The monoisotopic (exact) mass is 274 g/mol. The Morgan fingerprint density at radius 2 is 2.05 bits per heavy atom. The van der Waals surface area contributed by atoms with Crippen molar-refractivity contribution in [2.24, 2.45) is 11.8 Å². The smallest absolute Gasteiger partial charge is 0.310 e. The van der Waals surface area contributed by atoms with Crippen molar-refractivity contribution in [3.63, 3.8) is 0 Å². The van der Waals surface area contributed by atoms with Crippen molar-refractivity contribution in [2.45, 2.75) is 18.8 Å². The summed E-state index contributed by atoms with van der Waals surface area (Å²) in [5.41, 5.74) is 0.868. The van der Waals surface area contributed by atoms with Crippen LogP contribution < -0.4 is 5.32 Å². The lowest BCUT2D eigenvalue weighted by atomic mass is 9.82. The third kappa shape index (κ3) is 2.18. The molecule has 0 aromatic carbocycles. The van der Waals surface area contributed by atoms with Gasteiger partial charge in [-0.1, -0.05) is 18.2 Å². The highest BCUT2D eigenvalue weighted by atomic mass is 16.5. The van der Waals surface area contributed by atoms with E-state index in [9.17, 15) is 14.7 Å². The number of nitrogens with one attached hydrogen (secondary N) is 1. The van der Waals surface area contributed by atoms with Gasteiger partial charge in [0.2, 0.25) is 5.91 Å². The molecular weight excluding hydrogens is 260 g/mol. The van der Waals surface area contributed by atoms with E-state index in [0.29, 0.717) is 6.54 Å². The molecule has 20 heavy (non-hydrogen) atoms. The zero-order valence-corrected chi connectivity index (χ0v) is 10.6. The van der Waals surface area contributed by atoms with Gasteiger partial charge >= 0.3 is 5.97 Å². The summed E-state index contributed by atoms with van der Waals surface area (Å²) in [6.07, 6.45) is 5.86. The van der Waals surface area contributed by atoms with E-state index in [2.05, 4.69) is 10.3 Å². The summed E-state index contributed by atoms with van der Waals surface area (Å²) in [6, 6.07) is 3.63. The van der Waals surface area contributed by atoms with Crippen LogP contribution in [0.2, 0.25) is 0 Å². The van der Waals surface area contributed by atoms with Crippen LogP contribution >= 0.6 is 0 Å². The van der Waals surface area contributed by atoms with E-state index in [1.807, 2.05) is 6.07 Å². The number of rotatable bonds is 4. The maximum absolute atomic E-state index is 12.2. The van der Waals surface area contributed by atoms with E-state index in [1.165, 1.54) is 0 Å². The molecule has 0 aliphatic carbocycles. The predicted molar refractivity (Wildman–Crippen MR) is 68.5 cm³/mol. The third-order valence-electron chi connectivity index (χ3n) is 3.68. The van der Waals surface area contributed by atoms with E-state index in [1.54, 1.807) is 30.6 Å². The van der Waals surface area contributed by atoms with Crippen molar-refractivity contribution < 1.29 is 19.4 Å². The molecule has 104 valence electrons. The number of amides is 1. The molecule has 3 rings (SSSR count). The van der Waals surface area contributed by atoms with Gasteiger partial charge in [-0.3, -0.25) is 14.6 Å². The number of nitrogens with zero attached hydrogens (tertiary/aromatic N) is 1. The van der Waals surface area contributed by atoms with Crippen LogP contribution in [-0.4, -0.2) is 34.2 Å². The van der Waals surface area contributed by atoms with Gasteiger partial charge in [0.25, 0.3) is 0 Å². The Hall–Kier alpha value is -2.21. The molecule has 0 saturated carbocycles. The molecule has 3 heterocycles. The normalized spacial score (nSPS) is 30.4. The van der Waals surface area contributed by atoms with E-state index < -0.39 is 30.0 Å². The van der Waals surface area contributed by atoms with Crippen LogP contribution in [0.1, 0.15) is 5.56 Å². The van der Waals surface area contributed by atoms with Crippen molar-refractivity contribution in [3.05, 3.63) is 42.2 Å². The lowest BCUT2D eigenvalue weighted by molar-refractivity contribution is -0.146. The van der Waals surface area contributed by atoms with Gasteiger partial charge in [-0.25, -0.2) is 0 Å². The number of aromatic nitrogens is 1. The second-order valence-corrected chi connectivity index (χ2v) is 4.92. The Labute approximate surface area is 115 Å². The molecular formula is C14H14N2O4. The van der Waals surface area contributed by atoms with Crippen LogP contribution in [0.5, 0.6) is 0 Å². The summed E-state index contributed by atoms with van der Waals surface area (Å²) in [4.78, 5) is 27.5. The third-order valence-corrected chi connectivity index (χ3v) is 3.68. The number of carboxylic acids is 1. The van der Waals surface area contributed by atoms with E-state index in [0.717, 1.165) is 5.56 Å². The molecule has 6 heteroatoms. The number of fused-ring (bicyclic) bond motifs is 2. The Kier molecular flexibility index (Phi) is 3.23.